The van der Waals surface area contributed by atoms with Crippen LogP contribution in [0.1, 0.15) is 25.1 Å². The third-order valence-corrected chi connectivity index (χ3v) is 3.15. The highest BCUT2D eigenvalue weighted by molar-refractivity contribution is 5.59. The summed E-state index contributed by atoms with van der Waals surface area (Å²) in [4.78, 5) is 7.53. The first-order valence-electron chi connectivity index (χ1n) is 6.44. The summed E-state index contributed by atoms with van der Waals surface area (Å²) in [6.07, 6.45) is 2.63. The fourth-order valence-corrected chi connectivity index (χ4v) is 1.98. The van der Waals surface area contributed by atoms with E-state index in [0.29, 0.717) is 6.54 Å². The normalized spacial score (nSPS) is 12.7. The average molecular weight is 281 g/mol. The molecule has 1 aromatic heterocycles. The van der Waals surface area contributed by atoms with Crippen LogP contribution in [0.4, 0.5) is 8.78 Å². The number of aromatic amines is 1. The highest BCUT2D eigenvalue weighted by Crippen LogP contribution is 2.24. The molecule has 2 rings (SSSR count). The van der Waals surface area contributed by atoms with Crippen molar-refractivity contribution in [2.24, 2.45) is 5.73 Å². The molecular formula is C14H17F2N3O. The van der Waals surface area contributed by atoms with E-state index in [1.807, 2.05) is 0 Å². The minimum absolute atomic E-state index is 0.136. The monoisotopic (exact) mass is 281 g/mol. The molecule has 0 spiro atoms. The summed E-state index contributed by atoms with van der Waals surface area (Å²) in [5.41, 5.74) is 7.37. The lowest BCUT2D eigenvalue weighted by molar-refractivity contribution is -0.0498. The van der Waals surface area contributed by atoms with E-state index < -0.39 is 6.61 Å². The third kappa shape index (κ3) is 3.33. The second-order valence-electron chi connectivity index (χ2n) is 4.43. The quantitative estimate of drug-likeness (QED) is 0.855. The Hall–Kier alpha value is -1.95. The largest absolute Gasteiger partial charge is 0.435 e. The van der Waals surface area contributed by atoms with E-state index in [2.05, 4.69) is 21.6 Å². The zero-order chi connectivity index (χ0) is 14.5. The number of hydrogen-bond donors (Lipinski definition) is 2. The second kappa shape index (κ2) is 6.47. The number of nitrogens with zero attached hydrogens (tertiary/aromatic N) is 1. The number of halogens is 2. The maximum absolute atomic E-state index is 12.1. The maximum Gasteiger partial charge on any atom is 0.387 e. The standard InChI is InChI=1S/C14H17F2N3O/c1-2-9(7-17)13-18-8-12(19-13)10-3-5-11(6-4-10)20-14(15)16/h3-6,8-9,14H,2,7,17H2,1H3,(H,18,19). The smallest absolute Gasteiger partial charge is 0.387 e. The van der Waals surface area contributed by atoms with Crippen LogP contribution >= 0.6 is 0 Å². The van der Waals surface area contributed by atoms with Crippen molar-refractivity contribution < 1.29 is 13.5 Å². The molecule has 0 amide bonds. The fourth-order valence-electron chi connectivity index (χ4n) is 1.98. The first kappa shape index (κ1) is 14.5. The van der Waals surface area contributed by atoms with Crippen molar-refractivity contribution in [2.45, 2.75) is 25.9 Å². The number of nitrogens with two attached hydrogens (primary N) is 1. The van der Waals surface area contributed by atoms with Crippen molar-refractivity contribution in [3.8, 4) is 17.0 Å². The Bertz CT molecular complexity index is 536. The van der Waals surface area contributed by atoms with Gasteiger partial charge in [-0.2, -0.15) is 8.78 Å². The number of benzene rings is 1. The van der Waals surface area contributed by atoms with Crippen molar-refractivity contribution in [1.29, 1.82) is 0 Å². The molecule has 6 heteroatoms. The molecule has 0 aliphatic heterocycles. The van der Waals surface area contributed by atoms with Gasteiger partial charge in [-0.3, -0.25) is 0 Å². The van der Waals surface area contributed by atoms with E-state index in [9.17, 15) is 8.78 Å². The van der Waals surface area contributed by atoms with Gasteiger partial charge in [0, 0.05) is 12.5 Å². The third-order valence-electron chi connectivity index (χ3n) is 3.15. The SMILES string of the molecule is CCC(CN)c1ncc(-c2ccc(OC(F)F)cc2)[nH]1. The van der Waals surface area contributed by atoms with E-state index in [4.69, 9.17) is 5.73 Å². The molecule has 108 valence electrons. The number of rotatable bonds is 6. The molecule has 1 heterocycles. The number of aromatic nitrogens is 2. The molecule has 3 N–H and O–H groups in total. The number of H-pyrrole nitrogens is 1. The van der Waals surface area contributed by atoms with Crippen molar-refractivity contribution in [3.63, 3.8) is 0 Å². The van der Waals surface area contributed by atoms with Crippen LogP contribution in [0.25, 0.3) is 11.3 Å². The lowest BCUT2D eigenvalue weighted by Gasteiger charge is -2.08. The second-order valence-corrected chi connectivity index (χ2v) is 4.43. The first-order valence-corrected chi connectivity index (χ1v) is 6.44. The molecule has 20 heavy (non-hydrogen) atoms. The van der Waals surface area contributed by atoms with Crippen LogP contribution in [0.3, 0.4) is 0 Å². The Morgan fingerprint density at radius 1 is 1.30 bits per heavy atom. The summed E-state index contributed by atoms with van der Waals surface area (Å²) in [5, 5.41) is 0. The molecule has 0 aliphatic carbocycles. The predicted octanol–water partition coefficient (Wildman–Crippen LogP) is 3.13. The van der Waals surface area contributed by atoms with E-state index in [1.54, 1.807) is 18.3 Å². The van der Waals surface area contributed by atoms with E-state index >= 15 is 0 Å². The van der Waals surface area contributed by atoms with E-state index in [-0.39, 0.29) is 11.7 Å². The predicted molar refractivity (Wildman–Crippen MR) is 72.7 cm³/mol. The number of alkyl halides is 2. The van der Waals surface area contributed by atoms with Gasteiger partial charge in [-0.1, -0.05) is 6.92 Å². The zero-order valence-corrected chi connectivity index (χ0v) is 11.1. The Labute approximate surface area is 116 Å². The van der Waals surface area contributed by atoms with Gasteiger partial charge in [0.1, 0.15) is 11.6 Å². The minimum Gasteiger partial charge on any atom is -0.435 e. The van der Waals surface area contributed by atoms with Crippen molar-refractivity contribution >= 4 is 0 Å². The molecule has 2 aromatic rings. The summed E-state index contributed by atoms with van der Waals surface area (Å²) in [6.45, 7) is -0.227. The molecule has 0 bridgehead atoms. The summed E-state index contributed by atoms with van der Waals surface area (Å²) in [7, 11) is 0. The van der Waals surface area contributed by atoms with Crippen LogP contribution in [0.5, 0.6) is 5.75 Å². The Morgan fingerprint density at radius 3 is 2.55 bits per heavy atom. The number of nitrogens with one attached hydrogen (secondary N) is 1. The summed E-state index contributed by atoms with van der Waals surface area (Å²) >= 11 is 0. The van der Waals surface area contributed by atoms with Crippen molar-refractivity contribution in [3.05, 3.63) is 36.3 Å². The molecule has 0 saturated heterocycles. The summed E-state index contributed by atoms with van der Waals surface area (Å²) < 4.78 is 28.4. The van der Waals surface area contributed by atoms with Crippen LogP contribution in [0.15, 0.2) is 30.5 Å². The average Bonchev–Trinajstić information content (AvgIpc) is 2.90. The number of ether oxygens (including phenoxy) is 1. The van der Waals surface area contributed by atoms with Gasteiger partial charge in [-0.05, 0) is 36.2 Å². The summed E-state index contributed by atoms with van der Waals surface area (Å²) in [5.74, 6) is 1.18. The van der Waals surface area contributed by atoms with Gasteiger partial charge in [0.2, 0.25) is 0 Å². The molecule has 0 saturated carbocycles. The maximum atomic E-state index is 12.1. The fraction of sp³-hybridized carbons (Fsp3) is 0.357. The molecule has 4 nitrogen and oxygen atoms in total. The van der Waals surface area contributed by atoms with Crippen LogP contribution in [0, 0.1) is 0 Å². The van der Waals surface area contributed by atoms with Gasteiger partial charge >= 0.3 is 6.61 Å². The van der Waals surface area contributed by atoms with Gasteiger partial charge in [0.15, 0.2) is 0 Å². The van der Waals surface area contributed by atoms with Gasteiger partial charge < -0.3 is 15.5 Å². The first-order chi connectivity index (χ1) is 9.63. The van der Waals surface area contributed by atoms with Crippen molar-refractivity contribution in [1.82, 2.24) is 9.97 Å². The van der Waals surface area contributed by atoms with Gasteiger partial charge in [-0.25, -0.2) is 4.98 Å². The molecular weight excluding hydrogens is 264 g/mol. The van der Waals surface area contributed by atoms with Crippen LogP contribution in [-0.2, 0) is 0 Å². The minimum atomic E-state index is -2.81. The van der Waals surface area contributed by atoms with Crippen LogP contribution in [0.2, 0.25) is 0 Å². The number of imidazole rings is 1. The Morgan fingerprint density at radius 2 is 2.00 bits per heavy atom. The molecule has 1 aromatic carbocycles. The highest BCUT2D eigenvalue weighted by Gasteiger charge is 2.12. The highest BCUT2D eigenvalue weighted by atomic mass is 19.3. The Balaban J connectivity index is 2.15. The van der Waals surface area contributed by atoms with E-state index in [0.717, 1.165) is 23.5 Å². The van der Waals surface area contributed by atoms with Gasteiger partial charge in [-0.15, -0.1) is 0 Å². The molecule has 0 fully saturated rings. The molecule has 0 radical (unpaired) electrons. The van der Waals surface area contributed by atoms with E-state index in [1.165, 1.54) is 12.1 Å². The molecule has 1 atom stereocenters. The van der Waals surface area contributed by atoms with Crippen LogP contribution < -0.4 is 10.5 Å². The number of hydrogen-bond acceptors (Lipinski definition) is 3. The zero-order valence-electron chi connectivity index (χ0n) is 11.1. The topological polar surface area (TPSA) is 63.9 Å². The molecule has 0 aliphatic rings. The lowest BCUT2D eigenvalue weighted by atomic mass is 10.1. The lowest BCUT2D eigenvalue weighted by Crippen LogP contribution is -2.12. The molecule has 1 unspecified atom stereocenters. The Kier molecular flexibility index (Phi) is 4.68. The van der Waals surface area contributed by atoms with Crippen molar-refractivity contribution in [2.75, 3.05) is 6.54 Å². The van der Waals surface area contributed by atoms with Gasteiger partial charge in [0.25, 0.3) is 0 Å². The summed E-state index contributed by atoms with van der Waals surface area (Å²) in [6, 6.07) is 6.42. The van der Waals surface area contributed by atoms with Crippen LogP contribution in [-0.4, -0.2) is 23.1 Å². The van der Waals surface area contributed by atoms with Gasteiger partial charge in [0.05, 0.1) is 11.9 Å².